The van der Waals surface area contributed by atoms with Crippen LogP contribution in [0.1, 0.15) is 99.3 Å². The van der Waals surface area contributed by atoms with Gasteiger partial charge >= 0.3 is 7.82 Å². The highest BCUT2D eigenvalue weighted by atomic mass is 31.2. The van der Waals surface area contributed by atoms with Crippen molar-refractivity contribution in [3.8, 4) is 0 Å². The third-order valence-electron chi connectivity index (χ3n) is 5.23. The van der Waals surface area contributed by atoms with E-state index in [4.69, 9.17) is 13.6 Å². The fourth-order valence-electron chi connectivity index (χ4n) is 3.14. The van der Waals surface area contributed by atoms with Crippen LogP contribution in [0.25, 0.3) is 0 Å². The Kier molecular flexibility index (Phi) is 16.2. The summed E-state index contributed by atoms with van der Waals surface area (Å²) in [5.74, 6) is 1.24. The number of phosphoric acid groups is 1. The van der Waals surface area contributed by atoms with Crippen molar-refractivity contribution >= 4 is 7.82 Å². The van der Waals surface area contributed by atoms with Gasteiger partial charge in [0.15, 0.2) is 0 Å². The molecule has 158 valence electrons. The number of phosphoric ester groups is 1. The van der Waals surface area contributed by atoms with Crippen molar-refractivity contribution in [1.29, 1.82) is 0 Å². The summed E-state index contributed by atoms with van der Waals surface area (Å²) in [4.78, 5) is 0. The van der Waals surface area contributed by atoms with Gasteiger partial charge in [-0.1, -0.05) is 80.1 Å². The van der Waals surface area contributed by atoms with Crippen molar-refractivity contribution in [2.24, 2.45) is 17.8 Å². The zero-order valence-corrected chi connectivity index (χ0v) is 19.2. The summed E-state index contributed by atoms with van der Waals surface area (Å²) < 4.78 is 30.6. The van der Waals surface area contributed by atoms with Gasteiger partial charge in [0.1, 0.15) is 0 Å². The molecule has 0 N–H and O–H groups in total. The Labute approximate surface area is 163 Å². The summed E-state index contributed by atoms with van der Waals surface area (Å²) in [6.07, 6.45) is 9.63. The van der Waals surface area contributed by atoms with Gasteiger partial charge in [0, 0.05) is 0 Å². The molecule has 26 heavy (non-hydrogen) atoms. The van der Waals surface area contributed by atoms with E-state index in [-0.39, 0.29) is 0 Å². The predicted molar refractivity (Wildman–Crippen MR) is 112 cm³/mol. The number of hydrogen-bond acceptors (Lipinski definition) is 4. The lowest BCUT2D eigenvalue weighted by molar-refractivity contribution is 0.0737. The van der Waals surface area contributed by atoms with E-state index in [1.54, 1.807) is 0 Å². The predicted octanol–water partition coefficient (Wildman–Crippen LogP) is 7.62. The first-order valence-electron chi connectivity index (χ1n) is 11.0. The maximum absolute atomic E-state index is 13.2. The highest BCUT2D eigenvalue weighted by Gasteiger charge is 2.30. The van der Waals surface area contributed by atoms with Gasteiger partial charge in [-0.15, -0.1) is 0 Å². The average molecular weight is 393 g/mol. The third-order valence-corrected chi connectivity index (χ3v) is 6.62. The van der Waals surface area contributed by atoms with E-state index in [1.165, 1.54) is 0 Å². The molecule has 0 fully saturated rings. The summed E-state index contributed by atoms with van der Waals surface area (Å²) in [6.45, 7) is 14.3. The van der Waals surface area contributed by atoms with Gasteiger partial charge in [-0.3, -0.25) is 13.6 Å². The molecule has 0 amide bonds. The molecule has 0 aliphatic carbocycles. The fraction of sp³-hybridized carbons (Fsp3) is 1.00. The van der Waals surface area contributed by atoms with Gasteiger partial charge in [-0.05, 0) is 37.0 Å². The maximum atomic E-state index is 13.2. The molecule has 5 heteroatoms. The van der Waals surface area contributed by atoms with Gasteiger partial charge in [0.25, 0.3) is 0 Å². The van der Waals surface area contributed by atoms with Crippen LogP contribution in [-0.2, 0) is 18.1 Å². The molecule has 0 aromatic carbocycles. The molecule has 0 radical (unpaired) electrons. The molecule has 0 saturated heterocycles. The highest BCUT2D eigenvalue weighted by molar-refractivity contribution is 7.48. The molecule has 0 aromatic heterocycles. The molecular formula is C21H45O4P. The van der Waals surface area contributed by atoms with Crippen molar-refractivity contribution in [3.05, 3.63) is 0 Å². The Morgan fingerprint density at radius 1 is 0.577 bits per heavy atom. The fourth-order valence-corrected chi connectivity index (χ4v) is 4.55. The topological polar surface area (TPSA) is 44.8 Å². The molecule has 0 spiro atoms. The highest BCUT2D eigenvalue weighted by Crippen LogP contribution is 2.51. The largest absolute Gasteiger partial charge is 0.474 e. The van der Waals surface area contributed by atoms with Crippen LogP contribution >= 0.6 is 7.82 Å². The van der Waals surface area contributed by atoms with E-state index in [0.29, 0.717) is 37.6 Å². The monoisotopic (exact) mass is 392 g/mol. The molecule has 0 aromatic rings. The molecule has 0 rings (SSSR count). The van der Waals surface area contributed by atoms with E-state index < -0.39 is 7.82 Å². The lowest BCUT2D eigenvalue weighted by Gasteiger charge is -2.24. The van der Waals surface area contributed by atoms with Crippen molar-refractivity contribution in [2.45, 2.75) is 99.3 Å². The smallest absolute Gasteiger partial charge is 0.287 e. The Bertz CT molecular complexity index is 310. The molecule has 4 nitrogen and oxygen atoms in total. The number of rotatable bonds is 18. The van der Waals surface area contributed by atoms with E-state index in [0.717, 1.165) is 57.8 Å². The van der Waals surface area contributed by atoms with Crippen molar-refractivity contribution in [2.75, 3.05) is 19.8 Å². The van der Waals surface area contributed by atoms with Gasteiger partial charge < -0.3 is 0 Å². The minimum Gasteiger partial charge on any atom is -0.287 e. The first kappa shape index (κ1) is 26.1. The van der Waals surface area contributed by atoms with Crippen molar-refractivity contribution < 1.29 is 18.1 Å². The van der Waals surface area contributed by atoms with Crippen LogP contribution in [0.3, 0.4) is 0 Å². The molecule has 3 unspecified atom stereocenters. The van der Waals surface area contributed by atoms with E-state index in [9.17, 15) is 4.57 Å². The standard InChI is InChI=1S/C21H45O4P/c1-7-13-19(10-4)16-23-26(22,24-17-20(11-5)14-8-2)25-18-21(12-6)15-9-3/h19-21H,7-18H2,1-6H3. The Balaban J connectivity index is 4.84. The molecule has 0 bridgehead atoms. The first-order valence-corrected chi connectivity index (χ1v) is 12.5. The summed E-state index contributed by atoms with van der Waals surface area (Å²) in [6, 6.07) is 0. The van der Waals surface area contributed by atoms with Crippen LogP contribution in [0.5, 0.6) is 0 Å². The Morgan fingerprint density at radius 3 is 1.04 bits per heavy atom. The van der Waals surface area contributed by atoms with Crippen LogP contribution in [0, 0.1) is 17.8 Å². The van der Waals surface area contributed by atoms with Crippen LogP contribution in [0.2, 0.25) is 0 Å². The summed E-state index contributed by atoms with van der Waals surface area (Å²) in [5, 5.41) is 0. The lowest BCUT2D eigenvalue weighted by Crippen LogP contribution is -2.15. The molecule has 0 heterocycles. The number of hydrogen-bond donors (Lipinski definition) is 0. The maximum Gasteiger partial charge on any atom is 0.474 e. The second-order valence-electron chi connectivity index (χ2n) is 7.52. The third kappa shape index (κ3) is 11.7. The summed E-state index contributed by atoms with van der Waals surface area (Å²) in [7, 11) is -3.49. The molecule has 0 aliphatic heterocycles. The van der Waals surface area contributed by atoms with Crippen LogP contribution < -0.4 is 0 Å². The molecule has 0 aliphatic rings. The Hall–Kier alpha value is 0.110. The van der Waals surface area contributed by atoms with Crippen LogP contribution in [0.15, 0.2) is 0 Å². The van der Waals surface area contributed by atoms with Crippen molar-refractivity contribution in [1.82, 2.24) is 0 Å². The zero-order valence-electron chi connectivity index (χ0n) is 18.3. The minimum absolute atomic E-state index is 0.413. The zero-order chi connectivity index (χ0) is 19.8. The second-order valence-corrected chi connectivity index (χ2v) is 9.19. The van der Waals surface area contributed by atoms with Crippen LogP contribution in [0.4, 0.5) is 0 Å². The SMILES string of the molecule is CCCC(CC)COP(=O)(OCC(CC)CCC)OCC(CC)CCC. The van der Waals surface area contributed by atoms with Gasteiger partial charge in [-0.2, -0.15) is 0 Å². The van der Waals surface area contributed by atoms with Crippen LogP contribution in [-0.4, -0.2) is 19.8 Å². The summed E-state index contributed by atoms with van der Waals surface area (Å²) in [5.41, 5.74) is 0. The van der Waals surface area contributed by atoms with E-state index >= 15 is 0 Å². The second kappa shape index (κ2) is 16.1. The quantitative estimate of drug-likeness (QED) is 0.225. The van der Waals surface area contributed by atoms with Gasteiger partial charge in [0.2, 0.25) is 0 Å². The molecule has 3 atom stereocenters. The minimum atomic E-state index is -3.49. The molecule has 0 saturated carbocycles. The lowest BCUT2D eigenvalue weighted by atomic mass is 10.0. The van der Waals surface area contributed by atoms with Gasteiger partial charge in [0.05, 0.1) is 19.8 Å². The first-order chi connectivity index (χ1) is 12.5. The normalized spacial score (nSPS) is 17.6. The Morgan fingerprint density at radius 2 is 0.846 bits per heavy atom. The molecular weight excluding hydrogens is 347 g/mol. The summed E-state index contributed by atoms with van der Waals surface area (Å²) >= 11 is 0. The van der Waals surface area contributed by atoms with E-state index in [1.807, 2.05) is 0 Å². The van der Waals surface area contributed by atoms with Crippen molar-refractivity contribution in [3.63, 3.8) is 0 Å². The van der Waals surface area contributed by atoms with E-state index in [2.05, 4.69) is 41.5 Å². The van der Waals surface area contributed by atoms with Gasteiger partial charge in [-0.25, -0.2) is 4.57 Å². The average Bonchev–Trinajstić information content (AvgIpc) is 2.65.